The van der Waals surface area contributed by atoms with E-state index in [1.165, 1.54) is 5.56 Å². The first kappa shape index (κ1) is 19.1. The number of guanidine groups is 1. The van der Waals surface area contributed by atoms with Gasteiger partial charge in [-0.05, 0) is 36.2 Å². The number of rotatable bonds is 4. The number of hydrazine groups is 1. The monoisotopic (exact) mass is 392 g/mol. The fourth-order valence-electron chi connectivity index (χ4n) is 3.38. The number of hydrogen-bond donors (Lipinski definition) is 2. The van der Waals surface area contributed by atoms with Gasteiger partial charge in [-0.1, -0.05) is 12.1 Å². The average Bonchev–Trinajstić information content (AvgIpc) is 3.05. The number of ether oxygens (including phenoxy) is 1. The fraction of sp³-hybridized carbons (Fsp3) is 0.286. The van der Waals surface area contributed by atoms with Crippen LogP contribution in [0.3, 0.4) is 0 Å². The number of aryl methyl sites for hydroxylation is 2. The molecule has 0 saturated carbocycles. The summed E-state index contributed by atoms with van der Waals surface area (Å²) in [5, 5.41) is 10.1. The second kappa shape index (κ2) is 8.42. The van der Waals surface area contributed by atoms with Gasteiger partial charge < -0.3 is 10.5 Å². The van der Waals surface area contributed by atoms with Crippen molar-refractivity contribution in [2.45, 2.75) is 6.92 Å². The third-order valence-corrected chi connectivity index (χ3v) is 4.93. The van der Waals surface area contributed by atoms with Crippen molar-refractivity contribution in [3.8, 4) is 11.3 Å². The van der Waals surface area contributed by atoms with Crippen LogP contribution in [0, 0.1) is 6.92 Å². The summed E-state index contributed by atoms with van der Waals surface area (Å²) >= 11 is 0. The Labute approximate surface area is 169 Å². The zero-order chi connectivity index (χ0) is 20.2. The quantitative estimate of drug-likeness (QED) is 0.303. The molecule has 2 aromatic heterocycles. The van der Waals surface area contributed by atoms with Crippen molar-refractivity contribution in [3.05, 3.63) is 59.9 Å². The number of imidazole rings is 1. The minimum atomic E-state index is 0.266. The predicted octanol–water partition coefficient (Wildman–Crippen LogP) is 1.22. The molecule has 1 aromatic carbocycles. The molecule has 8 nitrogen and oxygen atoms in total. The van der Waals surface area contributed by atoms with Crippen LogP contribution in [0.5, 0.6) is 0 Å². The van der Waals surface area contributed by atoms with E-state index in [1.54, 1.807) is 6.21 Å². The third-order valence-electron chi connectivity index (χ3n) is 4.93. The smallest absolute Gasteiger partial charge is 0.286 e. The number of benzene rings is 1. The average molecular weight is 392 g/mol. The molecule has 0 bridgehead atoms. The Hall–Kier alpha value is -3.23. The topological polar surface area (TPSA) is 84.3 Å². The van der Waals surface area contributed by atoms with Gasteiger partial charge in [0.05, 0.1) is 32.7 Å². The molecule has 150 valence electrons. The summed E-state index contributed by atoms with van der Waals surface area (Å²) in [5.74, 6) is 0.266. The van der Waals surface area contributed by atoms with Crippen molar-refractivity contribution in [1.29, 1.82) is 0 Å². The number of morpholine rings is 1. The Morgan fingerprint density at radius 3 is 2.66 bits per heavy atom. The maximum atomic E-state index is 5.87. The van der Waals surface area contributed by atoms with Gasteiger partial charge in [0.1, 0.15) is 6.20 Å². The third kappa shape index (κ3) is 4.44. The summed E-state index contributed by atoms with van der Waals surface area (Å²) < 4.78 is 9.63. The van der Waals surface area contributed by atoms with Crippen molar-refractivity contribution in [1.82, 2.24) is 15.0 Å². The number of aromatic nitrogens is 2. The summed E-state index contributed by atoms with van der Waals surface area (Å²) in [6.45, 7) is 5.01. The fourth-order valence-corrected chi connectivity index (χ4v) is 3.38. The van der Waals surface area contributed by atoms with Crippen molar-refractivity contribution in [2.24, 2.45) is 23.0 Å². The van der Waals surface area contributed by atoms with Gasteiger partial charge in [0.15, 0.2) is 5.69 Å². The Bertz CT molecular complexity index is 1050. The molecule has 1 aliphatic rings. The molecule has 0 radical (unpaired) electrons. The van der Waals surface area contributed by atoms with Crippen LogP contribution >= 0.6 is 0 Å². The number of hydrogen-bond acceptors (Lipinski definition) is 4. The molecule has 0 aliphatic carbocycles. The first-order chi connectivity index (χ1) is 14.1. The molecular weight excluding hydrogens is 366 g/mol. The number of nitrogens with two attached hydrogens (primary N) is 1. The van der Waals surface area contributed by atoms with Crippen LogP contribution in [0.4, 0.5) is 0 Å². The van der Waals surface area contributed by atoms with Gasteiger partial charge >= 0.3 is 0 Å². The summed E-state index contributed by atoms with van der Waals surface area (Å²) in [6.07, 6.45) is 5.97. The highest BCUT2D eigenvalue weighted by Crippen LogP contribution is 2.20. The molecule has 0 amide bonds. The first-order valence-electron chi connectivity index (χ1n) is 9.64. The highest BCUT2D eigenvalue weighted by Gasteiger charge is 2.15. The molecule has 1 saturated heterocycles. The lowest BCUT2D eigenvalue weighted by molar-refractivity contribution is -0.510. The summed E-state index contributed by atoms with van der Waals surface area (Å²) in [6, 6.07) is 12.5. The van der Waals surface area contributed by atoms with E-state index in [2.05, 4.69) is 75.2 Å². The van der Waals surface area contributed by atoms with Crippen LogP contribution in [0.15, 0.2) is 59.0 Å². The molecule has 4 rings (SSSR count). The van der Waals surface area contributed by atoms with Gasteiger partial charge in [-0.3, -0.25) is 5.43 Å². The first-order valence-corrected chi connectivity index (χ1v) is 9.64. The van der Waals surface area contributed by atoms with Gasteiger partial charge in [0.25, 0.3) is 5.65 Å². The summed E-state index contributed by atoms with van der Waals surface area (Å²) in [7, 11) is 2.08. The molecule has 3 N–H and O–H groups in total. The van der Waals surface area contributed by atoms with Gasteiger partial charge in [-0.25, -0.2) is 14.0 Å². The Kier molecular flexibility index (Phi) is 5.55. The maximum Gasteiger partial charge on any atom is 0.286 e. The van der Waals surface area contributed by atoms with Crippen LogP contribution in [-0.4, -0.2) is 48.1 Å². The minimum Gasteiger partial charge on any atom is -0.379 e. The van der Waals surface area contributed by atoms with Gasteiger partial charge in [0.2, 0.25) is 5.96 Å². The normalized spacial score (nSPS) is 16.0. The lowest BCUT2D eigenvalue weighted by Gasteiger charge is -2.26. The van der Waals surface area contributed by atoms with E-state index in [-0.39, 0.29) is 5.96 Å². The highest BCUT2D eigenvalue weighted by molar-refractivity contribution is 5.82. The Balaban J connectivity index is 1.44. The predicted molar refractivity (Wildman–Crippen MR) is 113 cm³/mol. The number of pyridine rings is 1. The van der Waals surface area contributed by atoms with Gasteiger partial charge in [-0.15, -0.1) is 5.10 Å². The second-order valence-corrected chi connectivity index (χ2v) is 7.11. The van der Waals surface area contributed by atoms with Crippen molar-refractivity contribution in [2.75, 3.05) is 26.3 Å². The zero-order valence-electron chi connectivity index (χ0n) is 16.7. The van der Waals surface area contributed by atoms with E-state index < -0.39 is 0 Å². The largest absolute Gasteiger partial charge is 0.379 e. The van der Waals surface area contributed by atoms with Crippen molar-refractivity contribution < 1.29 is 9.14 Å². The van der Waals surface area contributed by atoms with Gasteiger partial charge in [0, 0.05) is 24.7 Å². The van der Waals surface area contributed by atoms with E-state index in [9.17, 15) is 0 Å². The van der Waals surface area contributed by atoms with Crippen molar-refractivity contribution in [3.63, 3.8) is 0 Å². The molecule has 1 fully saturated rings. The van der Waals surface area contributed by atoms with Crippen LogP contribution in [0.1, 0.15) is 11.1 Å². The molecule has 0 atom stereocenters. The number of nitrogens with one attached hydrogen (secondary N) is 1. The second-order valence-electron chi connectivity index (χ2n) is 7.11. The SMILES string of the molecule is Cc1ccc2n(C)c(-c3ccc(/C=N/N=C(\N)NN4CCOCC4)cc3)c[n+]2c1. The zero-order valence-corrected chi connectivity index (χ0v) is 16.7. The molecular formula is C21H26N7O+. The lowest BCUT2D eigenvalue weighted by atomic mass is 10.1. The van der Waals surface area contributed by atoms with E-state index in [0.29, 0.717) is 13.2 Å². The molecule has 3 heterocycles. The molecule has 3 aromatic rings. The van der Waals surface area contributed by atoms with E-state index in [4.69, 9.17) is 10.5 Å². The van der Waals surface area contributed by atoms with Crippen LogP contribution < -0.4 is 15.6 Å². The molecule has 0 spiro atoms. The summed E-state index contributed by atoms with van der Waals surface area (Å²) in [5.41, 5.74) is 14.5. The molecule has 1 aliphatic heterocycles. The van der Waals surface area contributed by atoms with Crippen LogP contribution in [-0.2, 0) is 11.8 Å². The molecule has 29 heavy (non-hydrogen) atoms. The minimum absolute atomic E-state index is 0.266. The van der Waals surface area contributed by atoms with E-state index in [1.807, 2.05) is 17.1 Å². The summed E-state index contributed by atoms with van der Waals surface area (Å²) in [4.78, 5) is 0. The number of fused-ring (bicyclic) bond motifs is 1. The lowest BCUT2D eigenvalue weighted by Crippen LogP contribution is -2.50. The highest BCUT2D eigenvalue weighted by atomic mass is 16.5. The van der Waals surface area contributed by atoms with E-state index in [0.717, 1.165) is 35.6 Å². The Morgan fingerprint density at radius 1 is 1.14 bits per heavy atom. The van der Waals surface area contributed by atoms with Crippen LogP contribution in [0.2, 0.25) is 0 Å². The molecule has 8 heteroatoms. The van der Waals surface area contributed by atoms with Crippen LogP contribution in [0.25, 0.3) is 16.9 Å². The van der Waals surface area contributed by atoms with Crippen molar-refractivity contribution >= 4 is 17.8 Å². The number of nitrogens with zero attached hydrogens (tertiary/aromatic N) is 5. The maximum absolute atomic E-state index is 5.87. The van der Waals surface area contributed by atoms with Gasteiger partial charge in [-0.2, -0.15) is 5.10 Å². The Morgan fingerprint density at radius 2 is 1.90 bits per heavy atom. The standard InChI is InChI=1S/C21H26N7O/c1-16-3-8-20-26(2)19(15-27(20)14-16)18-6-4-17(5-7-18)13-23-24-21(22)25-28-9-11-29-12-10-28/h3-8,13-15H,9-12H2,1-2H3,(H3,22,24,25)/q+1/b23-13+. The molecule has 0 unspecified atom stereocenters. The van der Waals surface area contributed by atoms with E-state index >= 15 is 0 Å².